The number of unbranched alkanes of at least 4 members (excludes halogenated alkanes) is 2. The highest BCUT2D eigenvalue weighted by molar-refractivity contribution is 5.05. The molecule has 4 heteroatoms. The molecule has 1 aromatic rings. The van der Waals surface area contributed by atoms with E-state index in [0.717, 1.165) is 12.2 Å². The quantitative estimate of drug-likeness (QED) is 0.712. The Morgan fingerprint density at radius 3 is 2.81 bits per heavy atom. The van der Waals surface area contributed by atoms with Crippen LogP contribution in [0.2, 0.25) is 0 Å². The van der Waals surface area contributed by atoms with Gasteiger partial charge < -0.3 is 5.73 Å². The third-order valence-corrected chi connectivity index (χ3v) is 2.82. The average molecular weight is 222 g/mol. The first-order valence-electron chi connectivity index (χ1n) is 5.95. The molecule has 0 saturated heterocycles. The van der Waals surface area contributed by atoms with Crippen molar-refractivity contribution in [2.75, 3.05) is 20.1 Å². The fourth-order valence-corrected chi connectivity index (χ4v) is 1.79. The highest BCUT2D eigenvalue weighted by Gasteiger charge is 2.15. The number of nitrogens with two attached hydrogens (primary N) is 1. The Bertz CT molecular complexity index is 276. The van der Waals surface area contributed by atoms with E-state index in [-0.39, 0.29) is 6.04 Å². The van der Waals surface area contributed by atoms with Gasteiger partial charge in [-0.15, -0.1) is 0 Å². The van der Waals surface area contributed by atoms with Crippen LogP contribution in [0.3, 0.4) is 0 Å². The first kappa shape index (κ1) is 13.1. The van der Waals surface area contributed by atoms with Crippen molar-refractivity contribution < 1.29 is 0 Å². The summed E-state index contributed by atoms with van der Waals surface area (Å²) < 4.78 is 0. The second kappa shape index (κ2) is 7.30. The molecule has 1 rings (SSSR count). The fraction of sp³-hybridized carbons (Fsp3) is 0.667. The van der Waals surface area contributed by atoms with Crippen LogP contribution >= 0.6 is 0 Å². The van der Waals surface area contributed by atoms with E-state index in [9.17, 15) is 0 Å². The van der Waals surface area contributed by atoms with E-state index in [2.05, 4.69) is 28.8 Å². The molecule has 1 atom stereocenters. The van der Waals surface area contributed by atoms with Gasteiger partial charge in [-0.1, -0.05) is 19.8 Å². The molecule has 1 aromatic heterocycles. The van der Waals surface area contributed by atoms with Gasteiger partial charge in [0.25, 0.3) is 0 Å². The maximum absolute atomic E-state index is 5.81. The van der Waals surface area contributed by atoms with Crippen LogP contribution in [0.25, 0.3) is 0 Å². The molecule has 1 heterocycles. The van der Waals surface area contributed by atoms with Gasteiger partial charge in [0.1, 0.15) is 6.33 Å². The Balaban J connectivity index is 2.53. The third-order valence-electron chi connectivity index (χ3n) is 2.82. The first-order chi connectivity index (χ1) is 7.79. The Labute approximate surface area is 97.9 Å². The molecule has 0 spiro atoms. The lowest BCUT2D eigenvalue weighted by atomic mass is 10.1. The van der Waals surface area contributed by atoms with Crippen molar-refractivity contribution in [1.82, 2.24) is 14.9 Å². The number of aromatic nitrogens is 2. The fourth-order valence-electron chi connectivity index (χ4n) is 1.79. The number of hydrogen-bond acceptors (Lipinski definition) is 4. The highest BCUT2D eigenvalue weighted by Crippen LogP contribution is 2.15. The minimum atomic E-state index is 0.208. The number of hydrogen-bond donors (Lipinski definition) is 1. The molecular formula is C12H22N4. The topological polar surface area (TPSA) is 55.0 Å². The Morgan fingerprint density at radius 2 is 2.25 bits per heavy atom. The van der Waals surface area contributed by atoms with Crippen LogP contribution in [0.5, 0.6) is 0 Å². The predicted molar refractivity (Wildman–Crippen MR) is 66.0 cm³/mol. The summed E-state index contributed by atoms with van der Waals surface area (Å²) in [7, 11) is 2.11. The van der Waals surface area contributed by atoms with Gasteiger partial charge in [-0.3, -0.25) is 4.90 Å². The smallest absolute Gasteiger partial charge is 0.115 e. The maximum Gasteiger partial charge on any atom is 0.115 e. The van der Waals surface area contributed by atoms with Crippen LogP contribution in [0.15, 0.2) is 18.6 Å². The molecule has 1 unspecified atom stereocenters. The van der Waals surface area contributed by atoms with Gasteiger partial charge in [-0.2, -0.15) is 0 Å². The Kier molecular flexibility index (Phi) is 5.96. The van der Waals surface area contributed by atoms with Crippen molar-refractivity contribution in [2.45, 2.75) is 32.2 Å². The van der Waals surface area contributed by atoms with Crippen LogP contribution in [-0.2, 0) is 0 Å². The molecular weight excluding hydrogens is 200 g/mol. The van der Waals surface area contributed by atoms with Crippen molar-refractivity contribution in [3.8, 4) is 0 Å². The zero-order chi connectivity index (χ0) is 11.8. The summed E-state index contributed by atoms with van der Waals surface area (Å²) in [6, 6.07) is 2.15. The molecule has 0 aromatic carbocycles. The molecule has 0 aliphatic carbocycles. The van der Waals surface area contributed by atoms with Crippen molar-refractivity contribution in [1.29, 1.82) is 0 Å². The van der Waals surface area contributed by atoms with Gasteiger partial charge in [0.2, 0.25) is 0 Å². The van der Waals surface area contributed by atoms with Crippen molar-refractivity contribution in [3.05, 3.63) is 24.3 Å². The molecule has 0 fully saturated rings. The van der Waals surface area contributed by atoms with Crippen molar-refractivity contribution >= 4 is 0 Å². The highest BCUT2D eigenvalue weighted by atomic mass is 15.1. The largest absolute Gasteiger partial charge is 0.329 e. The summed E-state index contributed by atoms with van der Waals surface area (Å²) >= 11 is 0. The summed E-state index contributed by atoms with van der Waals surface area (Å²) in [5, 5.41) is 0. The zero-order valence-electron chi connectivity index (χ0n) is 10.3. The van der Waals surface area contributed by atoms with Crippen molar-refractivity contribution in [3.63, 3.8) is 0 Å². The summed E-state index contributed by atoms with van der Waals surface area (Å²) in [6.07, 6.45) is 7.08. The van der Waals surface area contributed by atoms with Gasteiger partial charge in [-0.05, 0) is 26.1 Å². The van der Waals surface area contributed by atoms with Crippen LogP contribution in [-0.4, -0.2) is 35.0 Å². The molecule has 0 aliphatic heterocycles. The molecule has 2 N–H and O–H groups in total. The summed E-state index contributed by atoms with van der Waals surface area (Å²) in [5.74, 6) is 0. The van der Waals surface area contributed by atoms with Gasteiger partial charge in [0.15, 0.2) is 0 Å². The molecule has 4 nitrogen and oxygen atoms in total. The Hall–Kier alpha value is -1.00. The molecule has 0 saturated carbocycles. The average Bonchev–Trinajstić information content (AvgIpc) is 2.32. The van der Waals surface area contributed by atoms with Gasteiger partial charge >= 0.3 is 0 Å². The molecule has 0 amide bonds. The van der Waals surface area contributed by atoms with Gasteiger partial charge in [0, 0.05) is 12.7 Å². The summed E-state index contributed by atoms with van der Waals surface area (Å²) in [5.41, 5.74) is 6.82. The minimum Gasteiger partial charge on any atom is -0.329 e. The lowest BCUT2D eigenvalue weighted by Gasteiger charge is -2.26. The molecule has 0 bridgehead atoms. The lowest BCUT2D eigenvalue weighted by molar-refractivity contribution is 0.240. The SMILES string of the molecule is CCCCCN(C)C(CN)c1ccncn1. The molecule has 0 radical (unpaired) electrons. The third kappa shape index (κ3) is 3.87. The Morgan fingerprint density at radius 1 is 1.44 bits per heavy atom. The normalized spacial score (nSPS) is 13.0. The van der Waals surface area contributed by atoms with Gasteiger partial charge in [0.05, 0.1) is 11.7 Å². The standard InChI is InChI=1S/C12H22N4/c1-3-4-5-8-16(2)12(9-13)11-6-7-14-10-15-11/h6-7,10,12H,3-5,8-9,13H2,1-2H3. The molecule has 90 valence electrons. The first-order valence-corrected chi connectivity index (χ1v) is 5.95. The van der Waals surface area contributed by atoms with E-state index in [4.69, 9.17) is 5.73 Å². The van der Waals surface area contributed by atoms with Crippen LogP contribution in [0, 0.1) is 0 Å². The zero-order valence-corrected chi connectivity index (χ0v) is 10.3. The number of nitrogens with zero attached hydrogens (tertiary/aromatic N) is 3. The lowest BCUT2D eigenvalue weighted by Crippen LogP contribution is -2.32. The van der Waals surface area contributed by atoms with Gasteiger partial charge in [-0.25, -0.2) is 9.97 Å². The maximum atomic E-state index is 5.81. The minimum absolute atomic E-state index is 0.208. The summed E-state index contributed by atoms with van der Waals surface area (Å²) in [4.78, 5) is 10.5. The van der Waals surface area contributed by atoms with Crippen LogP contribution in [0.4, 0.5) is 0 Å². The van der Waals surface area contributed by atoms with Crippen LogP contribution in [0.1, 0.15) is 37.9 Å². The van der Waals surface area contributed by atoms with E-state index < -0.39 is 0 Å². The van der Waals surface area contributed by atoms with Crippen molar-refractivity contribution in [2.24, 2.45) is 5.73 Å². The second-order valence-electron chi connectivity index (χ2n) is 4.07. The van der Waals surface area contributed by atoms with E-state index in [1.165, 1.54) is 19.3 Å². The molecule has 0 aliphatic rings. The van der Waals surface area contributed by atoms with E-state index >= 15 is 0 Å². The second-order valence-corrected chi connectivity index (χ2v) is 4.07. The van der Waals surface area contributed by atoms with E-state index in [1.807, 2.05) is 6.07 Å². The van der Waals surface area contributed by atoms with E-state index in [0.29, 0.717) is 6.54 Å². The van der Waals surface area contributed by atoms with E-state index in [1.54, 1.807) is 12.5 Å². The molecule has 16 heavy (non-hydrogen) atoms. The number of likely N-dealkylation sites (N-methyl/N-ethyl adjacent to an activating group) is 1. The monoisotopic (exact) mass is 222 g/mol. The predicted octanol–water partition coefficient (Wildman–Crippen LogP) is 1.60. The van der Waals surface area contributed by atoms with Crippen LogP contribution < -0.4 is 5.73 Å². The summed E-state index contributed by atoms with van der Waals surface area (Å²) in [6.45, 7) is 3.88. The number of rotatable bonds is 7.